The summed E-state index contributed by atoms with van der Waals surface area (Å²) in [5, 5.41) is 19.0. The molecule has 4 nitrogen and oxygen atoms in total. The summed E-state index contributed by atoms with van der Waals surface area (Å²) >= 11 is 0. The maximum Gasteiger partial charge on any atom is 0.0992 e. The summed E-state index contributed by atoms with van der Waals surface area (Å²) in [5.74, 6) is 0. The molecule has 1 saturated heterocycles. The van der Waals surface area contributed by atoms with Crippen LogP contribution in [0, 0.1) is 11.3 Å². The molecule has 1 N–H and O–H groups in total. The van der Waals surface area contributed by atoms with Gasteiger partial charge in [0, 0.05) is 24.3 Å². The van der Waals surface area contributed by atoms with Gasteiger partial charge in [-0.3, -0.25) is 0 Å². The van der Waals surface area contributed by atoms with Crippen LogP contribution in [0.3, 0.4) is 0 Å². The van der Waals surface area contributed by atoms with E-state index in [1.54, 1.807) is 13.0 Å². The molecule has 4 heteroatoms. The number of aliphatic hydroxyl groups is 1. The predicted molar refractivity (Wildman–Crippen MR) is 80.7 cm³/mol. The number of nitrogens with zero attached hydrogens (tertiary/aromatic N) is 3. The van der Waals surface area contributed by atoms with Gasteiger partial charge in [-0.15, -0.1) is 0 Å². The SMILES string of the molecule is C[C@@H](O)c1ccc(C#N)cc1N(C)C1CCN(C)CC1. The fourth-order valence-corrected chi connectivity index (χ4v) is 2.85. The summed E-state index contributed by atoms with van der Waals surface area (Å²) in [7, 11) is 4.21. The molecule has 108 valence electrons. The second-order valence-electron chi connectivity index (χ2n) is 5.71. The second-order valence-corrected chi connectivity index (χ2v) is 5.71. The largest absolute Gasteiger partial charge is 0.389 e. The Hall–Kier alpha value is -1.57. The minimum Gasteiger partial charge on any atom is -0.389 e. The van der Waals surface area contributed by atoms with Crippen molar-refractivity contribution >= 4 is 5.69 Å². The molecule has 0 saturated carbocycles. The van der Waals surface area contributed by atoms with Gasteiger partial charge in [0.1, 0.15) is 0 Å². The number of nitriles is 1. The van der Waals surface area contributed by atoms with Crippen molar-refractivity contribution in [2.24, 2.45) is 0 Å². The minimum absolute atomic E-state index is 0.470. The Kier molecular flexibility index (Phi) is 4.64. The lowest BCUT2D eigenvalue weighted by Gasteiger charge is -2.37. The van der Waals surface area contributed by atoms with Crippen LogP contribution < -0.4 is 4.90 Å². The van der Waals surface area contributed by atoms with E-state index in [0.717, 1.165) is 37.2 Å². The van der Waals surface area contributed by atoms with Crippen molar-refractivity contribution in [1.82, 2.24) is 4.90 Å². The van der Waals surface area contributed by atoms with E-state index in [1.165, 1.54) is 0 Å². The van der Waals surface area contributed by atoms with E-state index in [0.29, 0.717) is 11.6 Å². The molecule has 1 aromatic carbocycles. The molecule has 0 aromatic heterocycles. The van der Waals surface area contributed by atoms with Gasteiger partial charge >= 0.3 is 0 Å². The molecule has 0 radical (unpaired) electrons. The highest BCUT2D eigenvalue weighted by Gasteiger charge is 2.23. The lowest BCUT2D eigenvalue weighted by atomic mass is 9.99. The molecule has 1 aliphatic rings. The lowest BCUT2D eigenvalue weighted by molar-refractivity contribution is 0.199. The van der Waals surface area contributed by atoms with E-state index in [1.807, 2.05) is 12.1 Å². The molecule has 0 unspecified atom stereocenters. The number of hydrogen-bond acceptors (Lipinski definition) is 4. The van der Waals surface area contributed by atoms with Crippen molar-refractivity contribution in [3.05, 3.63) is 29.3 Å². The molecule has 1 atom stereocenters. The molecule has 1 aliphatic heterocycles. The summed E-state index contributed by atoms with van der Waals surface area (Å²) in [6, 6.07) is 8.18. The quantitative estimate of drug-likeness (QED) is 0.916. The molecule has 20 heavy (non-hydrogen) atoms. The number of benzene rings is 1. The van der Waals surface area contributed by atoms with Crippen LogP contribution in [0.5, 0.6) is 0 Å². The zero-order valence-electron chi connectivity index (χ0n) is 12.5. The highest BCUT2D eigenvalue weighted by Crippen LogP contribution is 2.30. The standard InChI is InChI=1S/C16H23N3O/c1-12(20)15-5-4-13(11-17)10-16(15)19(3)14-6-8-18(2)9-7-14/h4-5,10,12,14,20H,6-9H2,1-3H3/t12-/m1/s1. The van der Waals surface area contributed by atoms with Gasteiger partial charge in [-0.2, -0.15) is 5.26 Å². The number of likely N-dealkylation sites (tertiary alicyclic amines) is 1. The van der Waals surface area contributed by atoms with E-state index in [4.69, 9.17) is 5.26 Å². The number of anilines is 1. The van der Waals surface area contributed by atoms with E-state index in [-0.39, 0.29) is 0 Å². The van der Waals surface area contributed by atoms with E-state index < -0.39 is 6.10 Å². The van der Waals surface area contributed by atoms with Crippen LogP contribution in [0.15, 0.2) is 18.2 Å². The van der Waals surface area contributed by atoms with Crippen LogP contribution >= 0.6 is 0 Å². The highest BCUT2D eigenvalue weighted by molar-refractivity contribution is 5.58. The van der Waals surface area contributed by atoms with Crippen molar-refractivity contribution < 1.29 is 5.11 Å². The van der Waals surface area contributed by atoms with E-state index in [2.05, 4.69) is 30.0 Å². The third kappa shape index (κ3) is 3.12. The molecular weight excluding hydrogens is 250 g/mol. The molecule has 0 amide bonds. The maximum atomic E-state index is 9.94. The summed E-state index contributed by atoms with van der Waals surface area (Å²) in [6.07, 6.45) is 1.71. The van der Waals surface area contributed by atoms with Crippen molar-refractivity contribution in [2.75, 3.05) is 32.1 Å². The van der Waals surface area contributed by atoms with Crippen molar-refractivity contribution in [1.29, 1.82) is 5.26 Å². The smallest absolute Gasteiger partial charge is 0.0992 e. The normalized spacial score (nSPS) is 18.6. The van der Waals surface area contributed by atoms with Gasteiger partial charge in [-0.05, 0) is 52.0 Å². The maximum absolute atomic E-state index is 9.94. The van der Waals surface area contributed by atoms with Gasteiger partial charge in [0.15, 0.2) is 0 Å². The van der Waals surface area contributed by atoms with Crippen LogP contribution in [-0.4, -0.2) is 43.2 Å². The zero-order valence-corrected chi connectivity index (χ0v) is 12.5. The Morgan fingerprint density at radius 2 is 2.05 bits per heavy atom. The highest BCUT2D eigenvalue weighted by atomic mass is 16.3. The van der Waals surface area contributed by atoms with Gasteiger partial charge in [-0.1, -0.05) is 6.07 Å². The van der Waals surface area contributed by atoms with Crippen molar-refractivity contribution in [3.63, 3.8) is 0 Å². The zero-order chi connectivity index (χ0) is 14.7. The van der Waals surface area contributed by atoms with Crippen LogP contribution in [0.1, 0.15) is 37.0 Å². The third-order valence-corrected chi connectivity index (χ3v) is 4.23. The molecule has 1 heterocycles. The Balaban J connectivity index is 2.27. The molecule has 0 bridgehead atoms. The third-order valence-electron chi connectivity index (χ3n) is 4.23. The van der Waals surface area contributed by atoms with Gasteiger partial charge < -0.3 is 14.9 Å². The average molecular weight is 273 g/mol. The first-order chi connectivity index (χ1) is 9.52. The van der Waals surface area contributed by atoms with Crippen molar-refractivity contribution in [2.45, 2.75) is 31.9 Å². The predicted octanol–water partition coefficient (Wildman–Crippen LogP) is 2.14. The van der Waals surface area contributed by atoms with Crippen LogP contribution in [0.25, 0.3) is 0 Å². The van der Waals surface area contributed by atoms with E-state index in [9.17, 15) is 5.11 Å². The molecule has 2 rings (SSSR count). The summed E-state index contributed by atoms with van der Waals surface area (Å²) in [4.78, 5) is 4.57. The number of hydrogen-bond donors (Lipinski definition) is 1. The van der Waals surface area contributed by atoms with Crippen LogP contribution in [0.2, 0.25) is 0 Å². The van der Waals surface area contributed by atoms with Gasteiger partial charge in [0.25, 0.3) is 0 Å². The topological polar surface area (TPSA) is 50.5 Å². The Labute approximate surface area is 121 Å². The minimum atomic E-state index is -0.522. The number of piperidine rings is 1. The lowest BCUT2D eigenvalue weighted by Crippen LogP contribution is -2.42. The molecular formula is C16H23N3O. The average Bonchev–Trinajstić information content (AvgIpc) is 2.46. The fourth-order valence-electron chi connectivity index (χ4n) is 2.85. The Bertz CT molecular complexity index is 499. The number of aliphatic hydroxyl groups excluding tert-OH is 1. The van der Waals surface area contributed by atoms with E-state index >= 15 is 0 Å². The van der Waals surface area contributed by atoms with Gasteiger partial charge in [-0.25, -0.2) is 0 Å². The van der Waals surface area contributed by atoms with Gasteiger partial charge in [0.05, 0.1) is 17.7 Å². The Morgan fingerprint density at radius 3 is 2.60 bits per heavy atom. The second kappa shape index (κ2) is 6.25. The first kappa shape index (κ1) is 14.8. The molecule has 1 aromatic rings. The van der Waals surface area contributed by atoms with Crippen LogP contribution in [-0.2, 0) is 0 Å². The first-order valence-electron chi connectivity index (χ1n) is 7.16. The molecule has 1 fully saturated rings. The van der Waals surface area contributed by atoms with Gasteiger partial charge in [0.2, 0.25) is 0 Å². The first-order valence-corrected chi connectivity index (χ1v) is 7.16. The Morgan fingerprint density at radius 1 is 1.40 bits per heavy atom. The van der Waals surface area contributed by atoms with Crippen molar-refractivity contribution in [3.8, 4) is 6.07 Å². The van der Waals surface area contributed by atoms with Crippen LogP contribution in [0.4, 0.5) is 5.69 Å². The monoisotopic (exact) mass is 273 g/mol. The molecule has 0 aliphatic carbocycles. The molecule has 0 spiro atoms. The summed E-state index contributed by atoms with van der Waals surface area (Å²) in [5.41, 5.74) is 2.52. The fraction of sp³-hybridized carbons (Fsp3) is 0.562. The summed E-state index contributed by atoms with van der Waals surface area (Å²) in [6.45, 7) is 3.96. The number of rotatable bonds is 3. The summed E-state index contributed by atoms with van der Waals surface area (Å²) < 4.78 is 0.